The summed E-state index contributed by atoms with van der Waals surface area (Å²) in [6.45, 7) is -0.118. The van der Waals surface area contributed by atoms with Crippen LogP contribution in [0.5, 0.6) is 0 Å². The SMILES string of the molecule is Cn1cc(C[C@@H]2CC(=O)N(C[C@H](O)c3ccc(F)cc3)C2=O)cn1. The van der Waals surface area contributed by atoms with Gasteiger partial charge in [-0.05, 0) is 29.7 Å². The summed E-state index contributed by atoms with van der Waals surface area (Å²) in [5, 5.41) is 14.3. The molecular formula is C17H18FN3O3. The van der Waals surface area contributed by atoms with Gasteiger partial charge in [-0.15, -0.1) is 0 Å². The van der Waals surface area contributed by atoms with E-state index in [9.17, 15) is 19.1 Å². The van der Waals surface area contributed by atoms with Gasteiger partial charge in [0, 0.05) is 19.7 Å². The molecular weight excluding hydrogens is 313 g/mol. The van der Waals surface area contributed by atoms with Crippen molar-refractivity contribution >= 4 is 11.8 Å². The van der Waals surface area contributed by atoms with Crippen LogP contribution in [0.4, 0.5) is 4.39 Å². The molecule has 1 aliphatic heterocycles. The molecule has 1 saturated heterocycles. The molecule has 1 fully saturated rings. The van der Waals surface area contributed by atoms with Gasteiger partial charge in [0.25, 0.3) is 0 Å². The van der Waals surface area contributed by atoms with Crippen LogP contribution in [-0.2, 0) is 23.1 Å². The van der Waals surface area contributed by atoms with Crippen molar-refractivity contribution in [3.63, 3.8) is 0 Å². The van der Waals surface area contributed by atoms with Gasteiger partial charge in [-0.2, -0.15) is 5.10 Å². The minimum Gasteiger partial charge on any atom is -0.387 e. The molecule has 0 unspecified atom stereocenters. The Balaban J connectivity index is 1.66. The number of aryl methyl sites for hydroxylation is 1. The van der Waals surface area contributed by atoms with Crippen molar-refractivity contribution in [3.05, 3.63) is 53.6 Å². The number of aliphatic hydroxyl groups is 1. The van der Waals surface area contributed by atoms with E-state index in [0.29, 0.717) is 12.0 Å². The predicted octanol–water partition coefficient (Wildman–Crippen LogP) is 1.21. The summed E-state index contributed by atoms with van der Waals surface area (Å²) in [7, 11) is 1.79. The summed E-state index contributed by atoms with van der Waals surface area (Å²) in [4.78, 5) is 25.7. The number of hydrogen-bond donors (Lipinski definition) is 1. The van der Waals surface area contributed by atoms with Gasteiger partial charge in [-0.3, -0.25) is 19.2 Å². The van der Waals surface area contributed by atoms with Crippen molar-refractivity contribution in [1.29, 1.82) is 0 Å². The summed E-state index contributed by atoms with van der Waals surface area (Å²) in [5.41, 5.74) is 1.36. The number of benzene rings is 1. The fourth-order valence-corrected chi connectivity index (χ4v) is 2.93. The zero-order chi connectivity index (χ0) is 17.3. The molecule has 0 saturated carbocycles. The van der Waals surface area contributed by atoms with Crippen LogP contribution >= 0.6 is 0 Å². The van der Waals surface area contributed by atoms with Crippen LogP contribution in [0.1, 0.15) is 23.7 Å². The van der Waals surface area contributed by atoms with E-state index in [0.717, 1.165) is 10.5 Å². The zero-order valence-corrected chi connectivity index (χ0v) is 13.2. The lowest BCUT2D eigenvalue weighted by Crippen LogP contribution is -2.34. The average molecular weight is 331 g/mol. The molecule has 2 atom stereocenters. The van der Waals surface area contributed by atoms with E-state index in [2.05, 4.69) is 5.10 Å². The average Bonchev–Trinajstić information content (AvgIpc) is 3.06. The van der Waals surface area contributed by atoms with Gasteiger partial charge in [0.1, 0.15) is 5.82 Å². The first-order valence-electron chi connectivity index (χ1n) is 7.69. The monoisotopic (exact) mass is 331 g/mol. The Hall–Kier alpha value is -2.54. The molecule has 7 heteroatoms. The Kier molecular flexibility index (Phi) is 4.44. The molecule has 2 amide bonds. The lowest BCUT2D eigenvalue weighted by Gasteiger charge is -2.19. The van der Waals surface area contributed by atoms with Crippen molar-refractivity contribution in [2.24, 2.45) is 13.0 Å². The molecule has 0 aliphatic carbocycles. The van der Waals surface area contributed by atoms with Gasteiger partial charge >= 0.3 is 0 Å². The molecule has 0 bridgehead atoms. The van der Waals surface area contributed by atoms with E-state index >= 15 is 0 Å². The van der Waals surface area contributed by atoms with Crippen LogP contribution < -0.4 is 0 Å². The van der Waals surface area contributed by atoms with Crippen LogP contribution in [-0.4, -0.2) is 38.1 Å². The predicted molar refractivity (Wildman–Crippen MR) is 83.1 cm³/mol. The Morgan fingerprint density at radius 2 is 2.04 bits per heavy atom. The summed E-state index contributed by atoms with van der Waals surface area (Å²) in [6, 6.07) is 5.35. The number of aromatic nitrogens is 2. The second-order valence-corrected chi connectivity index (χ2v) is 6.04. The number of carbonyl (C=O) groups excluding carboxylic acids is 2. The number of hydrogen-bond acceptors (Lipinski definition) is 4. The highest BCUT2D eigenvalue weighted by Crippen LogP contribution is 2.26. The summed E-state index contributed by atoms with van der Waals surface area (Å²) < 4.78 is 14.6. The van der Waals surface area contributed by atoms with Crippen molar-refractivity contribution in [1.82, 2.24) is 14.7 Å². The molecule has 1 aliphatic rings. The molecule has 126 valence electrons. The Morgan fingerprint density at radius 1 is 1.33 bits per heavy atom. The number of carbonyl (C=O) groups is 2. The minimum atomic E-state index is -1.03. The third kappa shape index (κ3) is 3.35. The van der Waals surface area contributed by atoms with Crippen molar-refractivity contribution in [2.45, 2.75) is 18.9 Å². The van der Waals surface area contributed by atoms with Crippen LogP contribution in [0.3, 0.4) is 0 Å². The molecule has 1 N–H and O–H groups in total. The lowest BCUT2D eigenvalue weighted by molar-refractivity contribution is -0.141. The highest BCUT2D eigenvalue weighted by atomic mass is 19.1. The second-order valence-electron chi connectivity index (χ2n) is 6.04. The smallest absolute Gasteiger partial charge is 0.233 e. The van der Waals surface area contributed by atoms with Crippen molar-refractivity contribution in [3.8, 4) is 0 Å². The van der Waals surface area contributed by atoms with Gasteiger partial charge in [0.15, 0.2) is 0 Å². The number of β-amino-alcohol motifs (C(OH)–C–C–N with tert-alkyl or cyclic N) is 1. The van der Waals surface area contributed by atoms with E-state index < -0.39 is 17.8 Å². The molecule has 2 heterocycles. The number of imide groups is 1. The van der Waals surface area contributed by atoms with Crippen molar-refractivity contribution in [2.75, 3.05) is 6.54 Å². The van der Waals surface area contributed by atoms with Crippen LogP contribution in [0.15, 0.2) is 36.7 Å². The molecule has 1 aromatic carbocycles. The van der Waals surface area contributed by atoms with Gasteiger partial charge < -0.3 is 5.11 Å². The lowest BCUT2D eigenvalue weighted by atomic mass is 10.0. The second kappa shape index (κ2) is 6.52. The van der Waals surface area contributed by atoms with E-state index in [-0.39, 0.29) is 24.8 Å². The van der Waals surface area contributed by atoms with E-state index in [1.807, 2.05) is 6.20 Å². The molecule has 2 aromatic rings. The van der Waals surface area contributed by atoms with E-state index in [1.54, 1.807) is 17.9 Å². The van der Waals surface area contributed by atoms with Crippen LogP contribution in [0, 0.1) is 11.7 Å². The molecule has 3 rings (SSSR count). The highest BCUT2D eigenvalue weighted by molar-refractivity contribution is 6.03. The van der Waals surface area contributed by atoms with Crippen LogP contribution in [0.2, 0.25) is 0 Å². The number of halogens is 1. The van der Waals surface area contributed by atoms with Gasteiger partial charge in [0.05, 0.1) is 24.8 Å². The third-order valence-corrected chi connectivity index (χ3v) is 4.19. The summed E-state index contributed by atoms with van der Waals surface area (Å²) >= 11 is 0. The maximum atomic E-state index is 12.9. The van der Waals surface area contributed by atoms with E-state index in [1.165, 1.54) is 24.3 Å². The molecule has 6 nitrogen and oxygen atoms in total. The topological polar surface area (TPSA) is 75.4 Å². The Morgan fingerprint density at radius 3 is 2.67 bits per heavy atom. The molecule has 1 aromatic heterocycles. The van der Waals surface area contributed by atoms with Crippen LogP contribution in [0.25, 0.3) is 0 Å². The fraction of sp³-hybridized carbons (Fsp3) is 0.353. The minimum absolute atomic E-state index is 0.118. The highest BCUT2D eigenvalue weighted by Gasteiger charge is 2.39. The maximum absolute atomic E-state index is 12.9. The third-order valence-electron chi connectivity index (χ3n) is 4.19. The molecule has 0 radical (unpaired) electrons. The number of amides is 2. The number of likely N-dealkylation sites (tertiary alicyclic amines) is 1. The number of nitrogens with zero attached hydrogens (tertiary/aromatic N) is 3. The standard InChI is InChI=1S/C17H18FN3O3/c1-20-9-11(8-19-20)6-13-7-16(23)21(17(13)24)10-15(22)12-2-4-14(18)5-3-12/h2-5,8-9,13,15,22H,6-7,10H2,1H3/t13-,15+/m1/s1. The maximum Gasteiger partial charge on any atom is 0.233 e. The molecule has 24 heavy (non-hydrogen) atoms. The fourth-order valence-electron chi connectivity index (χ4n) is 2.93. The van der Waals surface area contributed by atoms with Crippen molar-refractivity contribution < 1.29 is 19.1 Å². The van der Waals surface area contributed by atoms with Gasteiger partial charge in [-0.25, -0.2) is 4.39 Å². The Labute approximate surface area is 138 Å². The number of aliphatic hydroxyl groups excluding tert-OH is 1. The first-order valence-corrected chi connectivity index (χ1v) is 7.69. The first kappa shape index (κ1) is 16.3. The summed E-state index contributed by atoms with van der Waals surface area (Å²) in [5.74, 6) is -1.42. The van der Waals surface area contributed by atoms with E-state index in [4.69, 9.17) is 0 Å². The molecule has 0 spiro atoms. The number of rotatable bonds is 5. The van der Waals surface area contributed by atoms with Gasteiger partial charge in [0.2, 0.25) is 11.8 Å². The quantitative estimate of drug-likeness (QED) is 0.836. The summed E-state index contributed by atoms with van der Waals surface area (Å²) in [6.07, 6.45) is 3.03. The largest absolute Gasteiger partial charge is 0.387 e. The normalized spacial score (nSPS) is 19.1. The van der Waals surface area contributed by atoms with Gasteiger partial charge in [-0.1, -0.05) is 12.1 Å². The Bertz CT molecular complexity index is 757. The first-order chi connectivity index (χ1) is 11.4. The zero-order valence-electron chi connectivity index (χ0n) is 13.2.